The van der Waals surface area contributed by atoms with Gasteiger partial charge in [-0.05, 0) is 18.0 Å². The molecule has 0 aromatic carbocycles. The van der Waals surface area contributed by atoms with Crippen LogP contribution in [0.5, 0.6) is 0 Å². The summed E-state index contributed by atoms with van der Waals surface area (Å²) in [6.45, 7) is 6.11. The zero-order valence-corrected chi connectivity index (χ0v) is 11.9. The predicted molar refractivity (Wildman–Crippen MR) is 71.9 cm³/mol. The van der Waals surface area contributed by atoms with Crippen LogP contribution in [0.15, 0.2) is 0 Å². The van der Waals surface area contributed by atoms with E-state index in [2.05, 4.69) is 6.92 Å². The number of carbonyl (C=O) groups excluding carboxylic acids is 1. The van der Waals surface area contributed by atoms with E-state index >= 15 is 0 Å². The van der Waals surface area contributed by atoms with E-state index in [-0.39, 0.29) is 10.7 Å². The molecular weight excluding hydrogens is 220 g/mol. The van der Waals surface area contributed by atoms with E-state index in [0.29, 0.717) is 0 Å². The molecule has 0 fully saturated rings. The highest BCUT2D eigenvalue weighted by atomic mass is 35.5. The molecule has 0 bridgehead atoms. The Morgan fingerprint density at radius 3 is 1.81 bits per heavy atom. The van der Waals surface area contributed by atoms with Crippen molar-refractivity contribution in [1.82, 2.24) is 0 Å². The van der Waals surface area contributed by atoms with Crippen molar-refractivity contribution in [3.05, 3.63) is 0 Å². The number of unbranched alkanes of at least 4 members (excludes halogenated alkanes) is 7. The molecule has 0 aliphatic heterocycles. The van der Waals surface area contributed by atoms with Gasteiger partial charge in [-0.15, -0.1) is 0 Å². The van der Waals surface area contributed by atoms with Crippen LogP contribution in [0.2, 0.25) is 0 Å². The van der Waals surface area contributed by atoms with Crippen molar-refractivity contribution in [2.75, 3.05) is 0 Å². The molecule has 0 heterocycles. The summed E-state index contributed by atoms with van der Waals surface area (Å²) in [7, 11) is 0. The van der Waals surface area contributed by atoms with Crippen molar-refractivity contribution < 1.29 is 4.79 Å². The fourth-order valence-corrected chi connectivity index (χ4v) is 1.89. The molecule has 1 nitrogen and oxygen atoms in total. The van der Waals surface area contributed by atoms with E-state index in [1.54, 1.807) is 0 Å². The number of rotatable bonds is 10. The minimum Gasteiger partial charge on any atom is -0.281 e. The van der Waals surface area contributed by atoms with Crippen LogP contribution in [0.25, 0.3) is 0 Å². The van der Waals surface area contributed by atoms with Crippen LogP contribution in [0, 0.1) is 5.41 Å². The molecule has 16 heavy (non-hydrogen) atoms. The van der Waals surface area contributed by atoms with Gasteiger partial charge in [0.25, 0.3) is 0 Å². The van der Waals surface area contributed by atoms with Gasteiger partial charge in [0, 0.05) is 5.41 Å². The van der Waals surface area contributed by atoms with E-state index in [1.165, 1.54) is 44.9 Å². The van der Waals surface area contributed by atoms with Gasteiger partial charge in [0.15, 0.2) is 0 Å². The Morgan fingerprint density at radius 2 is 1.38 bits per heavy atom. The predicted octanol–water partition coefficient (Wildman–Crippen LogP) is 5.31. The molecular formula is C14H27ClO. The third-order valence-electron chi connectivity index (χ3n) is 3.19. The van der Waals surface area contributed by atoms with Crippen LogP contribution in [-0.2, 0) is 4.79 Å². The van der Waals surface area contributed by atoms with Crippen molar-refractivity contribution in [3.8, 4) is 0 Å². The van der Waals surface area contributed by atoms with Crippen molar-refractivity contribution in [2.45, 2.75) is 78.6 Å². The second kappa shape index (κ2) is 9.04. The molecule has 0 atom stereocenters. The second-order valence-electron chi connectivity index (χ2n) is 5.38. The largest absolute Gasteiger partial charge is 0.281 e. The minimum atomic E-state index is -0.330. The van der Waals surface area contributed by atoms with E-state index in [9.17, 15) is 4.79 Å². The topological polar surface area (TPSA) is 17.1 Å². The fourth-order valence-electron chi connectivity index (χ4n) is 1.80. The summed E-state index contributed by atoms with van der Waals surface area (Å²) in [6.07, 6.45) is 11.3. The molecule has 0 saturated heterocycles. The summed E-state index contributed by atoms with van der Waals surface area (Å²) in [5.41, 5.74) is -0.330. The van der Waals surface area contributed by atoms with E-state index in [1.807, 2.05) is 13.8 Å². The van der Waals surface area contributed by atoms with Crippen molar-refractivity contribution >= 4 is 16.8 Å². The van der Waals surface area contributed by atoms with Gasteiger partial charge < -0.3 is 0 Å². The lowest BCUT2D eigenvalue weighted by molar-refractivity contribution is -0.119. The highest BCUT2D eigenvalue weighted by molar-refractivity contribution is 6.64. The van der Waals surface area contributed by atoms with Gasteiger partial charge >= 0.3 is 0 Å². The van der Waals surface area contributed by atoms with Gasteiger partial charge in [0.2, 0.25) is 5.24 Å². The number of hydrogen-bond acceptors (Lipinski definition) is 1. The Bertz CT molecular complexity index is 187. The van der Waals surface area contributed by atoms with Crippen molar-refractivity contribution in [3.63, 3.8) is 0 Å². The van der Waals surface area contributed by atoms with Crippen LogP contribution in [0.3, 0.4) is 0 Å². The zero-order chi connectivity index (χ0) is 12.4. The molecule has 0 amide bonds. The summed E-state index contributed by atoms with van der Waals surface area (Å²) in [5, 5.41) is -0.199. The standard InChI is InChI=1S/C14H27ClO/c1-4-5-6-7-8-9-10-11-12-14(2,3)13(15)16/h4-12H2,1-3H3. The minimum absolute atomic E-state index is 0.199. The summed E-state index contributed by atoms with van der Waals surface area (Å²) >= 11 is 5.53. The number of halogens is 1. The SMILES string of the molecule is CCCCCCCCCCC(C)(C)C(=O)Cl. The first-order valence-electron chi connectivity index (χ1n) is 6.70. The lowest BCUT2D eigenvalue weighted by Crippen LogP contribution is -2.18. The number of hydrogen-bond donors (Lipinski definition) is 0. The van der Waals surface area contributed by atoms with Gasteiger partial charge in [-0.25, -0.2) is 0 Å². The first kappa shape index (κ1) is 16.0. The normalized spacial score (nSPS) is 11.8. The van der Waals surface area contributed by atoms with Crippen LogP contribution < -0.4 is 0 Å². The quantitative estimate of drug-likeness (QED) is 0.377. The van der Waals surface area contributed by atoms with Crippen LogP contribution in [0.1, 0.15) is 78.6 Å². The van der Waals surface area contributed by atoms with E-state index in [4.69, 9.17) is 11.6 Å². The van der Waals surface area contributed by atoms with Crippen LogP contribution in [0.4, 0.5) is 0 Å². The molecule has 0 spiro atoms. The average Bonchev–Trinajstić information content (AvgIpc) is 2.21. The Labute approximate surface area is 106 Å². The lowest BCUT2D eigenvalue weighted by Gasteiger charge is -2.18. The maximum Gasteiger partial charge on any atom is 0.227 e. The summed E-state index contributed by atoms with van der Waals surface area (Å²) in [5.74, 6) is 0. The molecule has 0 aliphatic rings. The summed E-state index contributed by atoms with van der Waals surface area (Å²) in [4.78, 5) is 11.1. The second-order valence-corrected chi connectivity index (χ2v) is 5.73. The Morgan fingerprint density at radius 1 is 0.938 bits per heavy atom. The van der Waals surface area contributed by atoms with Gasteiger partial charge in [-0.1, -0.05) is 72.1 Å². The molecule has 0 rings (SSSR count). The third kappa shape index (κ3) is 8.15. The molecule has 0 radical (unpaired) electrons. The zero-order valence-electron chi connectivity index (χ0n) is 11.2. The number of carbonyl (C=O) groups is 1. The van der Waals surface area contributed by atoms with Gasteiger partial charge in [0.1, 0.15) is 0 Å². The summed E-state index contributed by atoms with van der Waals surface area (Å²) in [6, 6.07) is 0. The highest BCUT2D eigenvalue weighted by Gasteiger charge is 2.24. The maximum absolute atomic E-state index is 11.1. The molecule has 2 heteroatoms. The maximum atomic E-state index is 11.1. The molecule has 0 N–H and O–H groups in total. The Kier molecular flexibility index (Phi) is 9.02. The molecule has 0 unspecified atom stereocenters. The molecule has 0 saturated carbocycles. The average molecular weight is 247 g/mol. The fraction of sp³-hybridized carbons (Fsp3) is 0.929. The van der Waals surface area contributed by atoms with E-state index in [0.717, 1.165) is 12.8 Å². The van der Waals surface area contributed by atoms with Crippen molar-refractivity contribution in [2.24, 2.45) is 5.41 Å². The monoisotopic (exact) mass is 246 g/mol. The van der Waals surface area contributed by atoms with Crippen LogP contribution in [-0.4, -0.2) is 5.24 Å². The molecule has 0 aromatic rings. The van der Waals surface area contributed by atoms with Crippen LogP contribution >= 0.6 is 11.6 Å². The first-order chi connectivity index (χ1) is 7.50. The first-order valence-corrected chi connectivity index (χ1v) is 7.08. The van der Waals surface area contributed by atoms with Gasteiger partial charge in [-0.3, -0.25) is 4.79 Å². The smallest absolute Gasteiger partial charge is 0.227 e. The van der Waals surface area contributed by atoms with Crippen molar-refractivity contribution in [1.29, 1.82) is 0 Å². The molecule has 0 aromatic heterocycles. The Hall–Kier alpha value is -0.0400. The highest BCUT2D eigenvalue weighted by Crippen LogP contribution is 2.26. The Balaban J connectivity index is 3.30. The van der Waals surface area contributed by atoms with E-state index < -0.39 is 0 Å². The van der Waals surface area contributed by atoms with Gasteiger partial charge in [0.05, 0.1) is 0 Å². The third-order valence-corrected chi connectivity index (χ3v) is 3.70. The van der Waals surface area contributed by atoms with Gasteiger partial charge in [-0.2, -0.15) is 0 Å². The summed E-state index contributed by atoms with van der Waals surface area (Å²) < 4.78 is 0. The molecule has 96 valence electrons. The molecule has 0 aliphatic carbocycles. The lowest BCUT2D eigenvalue weighted by atomic mass is 9.88.